The van der Waals surface area contributed by atoms with E-state index in [0.717, 1.165) is 25.9 Å². The molecule has 2 N–H and O–H groups in total. The van der Waals surface area contributed by atoms with Gasteiger partial charge >= 0.3 is 5.97 Å². The molecule has 0 radical (unpaired) electrons. The van der Waals surface area contributed by atoms with E-state index in [4.69, 9.17) is 0 Å². The van der Waals surface area contributed by atoms with Gasteiger partial charge in [-0.05, 0) is 43.9 Å². The summed E-state index contributed by atoms with van der Waals surface area (Å²) in [6.07, 6.45) is 6.47. The number of benzene rings is 1. The maximum absolute atomic E-state index is 12.5. The first kappa shape index (κ1) is 17.2. The summed E-state index contributed by atoms with van der Waals surface area (Å²) >= 11 is 0. The summed E-state index contributed by atoms with van der Waals surface area (Å²) in [7, 11) is 0. The number of carbonyl (C=O) groups excluding carboxylic acids is 2. The van der Waals surface area contributed by atoms with Crippen LogP contribution < -0.4 is 5.32 Å². The highest BCUT2D eigenvalue weighted by Crippen LogP contribution is 2.27. The molecule has 0 aromatic heterocycles. The van der Waals surface area contributed by atoms with Crippen molar-refractivity contribution in [1.82, 2.24) is 4.90 Å². The summed E-state index contributed by atoms with van der Waals surface area (Å²) in [5.74, 6) is -2.61. The van der Waals surface area contributed by atoms with E-state index in [1.807, 2.05) is 11.0 Å². The van der Waals surface area contributed by atoms with Gasteiger partial charge < -0.3 is 15.3 Å². The molecule has 1 fully saturated rings. The lowest BCUT2D eigenvalue weighted by atomic mass is 9.82. The molecule has 1 aliphatic heterocycles. The second kappa shape index (κ2) is 7.51. The zero-order valence-corrected chi connectivity index (χ0v) is 14.0. The van der Waals surface area contributed by atoms with Crippen molar-refractivity contribution in [3.8, 4) is 0 Å². The average Bonchev–Trinajstić information content (AvgIpc) is 3.16. The second-order valence-corrected chi connectivity index (χ2v) is 6.56. The minimum Gasteiger partial charge on any atom is -0.481 e. The van der Waals surface area contributed by atoms with Crippen LogP contribution in [0.4, 0.5) is 5.69 Å². The van der Waals surface area contributed by atoms with Gasteiger partial charge in [-0.25, -0.2) is 0 Å². The van der Waals surface area contributed by atoms with Crippen LogP contribution in [0.5, 0.6) is 0 Å². The first-order valence-corrected chi connectivity index (χ1v) is 8.64. The molecule has 6 heteroatoms. The number of nitrogens with zero attached hydrogens (tertiary/aromatic N) is 1. The Hall–Kier alpha value is -2.63. The van der Waals surface area contributed by atoms with E-state index in [2.05, 4.69) is 5.32 Å². The maximum Gasteiger partial charge on any atom is 0.307 e. The van der Waals surface area contributed by atoms with Crippen LogP contribution >= 0.6 is 0 Å². The molecule has 2 amide bonds. The summed E-state index contributed by atoms with van der Waals surface area (Å²) in [6.45, 7) is 1.54. The molecular weight excluding hydrogens is 320 g/mol. The molecule has 0 spiro atoms. The molecule has 0 saturated carbocycles. The normalized spacial score (nSPS) is 22.6. The number of nitrogens with one attached hydrogen (secondary N) is 1. The highest BCUT2D eigenvalue weighted by atomic mass is 16.4. The van der Waals surface area contributed by atoms with Crippen LogP contribution in [0.1, 0.15) is 36.0 Å². The van der Waals surface area contributed by atoms with Gasteiger partial charge in [0.15, 0.2) is 0 Å². The summed E-state index contributed by atoms with van der Waals surface area (Å²) in [6, 6.07) is 6.84. The molecule has 1 heterocycles. The minimum absolute atomic E-state index is 0.0300. The summed E-state index contributed by atoms with van der Waals surface area (Å²) in [5, 5.41) is 12.1. The zero-order chi connectivity index (χ0) is 17.8. The largest absolute Gasteiger partial charge is 0.481 e. The Morgan fingerprint density at radius 3 is 2.40 bits per heavy atom. The van der Waals surface area contributed by atoms with Crippen molar-refractivity contribution in [2.24, 2.45) is 11.8 Å². The Labute approximate surface area is 146 Å². The second-order valence-electron chi connectivity index (χ2n) is 6.56. The maximum atomic E-state index is 12.5. The van der Waals surface area contributed by atoms with E-state index in [0.29, 0.717) is 24.1 Å². The Morgan fingerprint density at radius 1 is 1.04 bits per heavy atom. The van der Waals surface area contributed by atoms with Crippen LogP contribution in [0.2, 0.25) is 0 Å². The Kier molecular flexibility index (Phi) is 5.16. The number of carboxylic acid groups (broad SMARTS) is 1. The Morgan fingerprint density at radius 2 is 1.72 bits per heavy atom. The van der Waals surface area contributed by atoms with Crippen LogP contribution in [-0.4, -0.2) is 40.9 Å². The standard InChI is InChI=1S/C19H22N2O4/c22-17(15-8-1-2-9-16(15)19(24)25)20-14-7-5-6-13(12-14)18(23)21-10-3-4-11-21/h1-2,5-7,12,15-16H,3-4,8-11H2,(H,20,22)(H,24,25)/t15-,16+/m0/s1. The van der Waals surface area contributed by atoms with Gasteiger partial charge in [0.1, 0.15) is 0 Å². The van der Waals surface area contributed by atoms with E-state index in [1.54, 1.807) is 30.3 Å². The number of hydrogen-bond donors (Lipinski definition) is 2. The molecule has 25 heavy (non-hydrogen) atoms. The van der Waals surface area contributed by atoms with Crippen LogP contribution in [0.15, 0.2) is 36.4 Å². The SMILES string of the molecule is O=C(Nc1cccc(C(=O)N2CCCC2)c1)[C@H]1CC=CC[C@H]1C(=O)O. The Bertz CT molecular complexity index is 707. The number of rotatable bonds is 4. The van der Waals surface area contributed by atoms with Crippen molar-refractivity contribution in [3.05, 3.63) is 42.0 Å². The van der Waals surface area contributed by atoms with Gasteiger partial charge in [-0.3, -0.25) is 14.4 Å². The molecule has 1 saturated heterocycles. The molecule has 6 nitrogen and oxygen atoms in total. The summed E-state index contributed by atoms with van der Waals surface area (Å²) < 4.78 is 0. The minimum atomic E-state index is -0.956. The molecule has 1 aromatic carbocycles. The summed E-state index contributed by atoms with van der Waals surface area (Å²) in [4.78, 5) is 38.1. The Balaban J connectivity index is 1.71. The topological polar surface area (TPSA) is 86.7 Å². The molecule has 1 aliphatic carbocycles. The van der Waals surface area contributed by atoms with Crippen molar-refractivity contribution >= 4 is 23.5 Å². The van der Waals surface area contributed by atoms with E-state index >= 15 is 0 Å². The van der Waals surface area contributed by atoms with Crippen molar-refractivity contribution in [1.29, 1.82) is 0 Å². The van der Waals surface area contributed by atoms with Crippen molar-refractivity contribution in [2.75, 3.05) is 18.4 Å². The van der Waals surface area contributed by atoms with Gasteiger partial charge in [0, 0.05) is 24.3 Å². The highest BCUT2D eigenvalue weighted by Gasteiger charge is 2.34. The van der Waals surface area contributed by atoms with E-state index < -0.39 is 17.8 Å². The van der Waals surface area contributed by atoms with Gasteiger partial charge in [0.05, 0.1) is 11.8 Å². The van der Waals surface area contributed by atoms with Gasteiger partial charge in [-0.2, -0.15) is 0 Å². The number of aliphatic carboxylic acids is 1. The predicted molar refractivity (Wildman–Crippen MR) is 93.2 cm³/mol. The third-order valence-electron chi connectivity index (χ3n) is 4.86. The van der Waals surface area contributed by atoms with E-state index in [-0.39, 0.29) is 11.8 Å². The van der Waals surface area contributed by atoms with Gasteiger partial charge in [-0.15, -0.1) is 0 Å². The van der Waals surface area contributed by atoms with E-state index in [9.17, 15) is 19.5 Å². The molecule has 0 unspecified atom stereocenters. The number of hydrogen-bond acceptors (Lipinski definition) is 3. The number of allylic oxidation sites excluding steroid dienone is 2. The van der Waals surface area contributed by atoms with E-state index in [1.165, 1.54) is 0 Å². The smallest absolute Gasteiger partial charge is 0.307 e. The van der Waals surface area contributed by atoms with Crippen LogP contribution in [0.3, 0.4) is 0 Å². The summed E-state index contributed by atoms with van der Waals surface area (Å²) in [5.41, 5.74) is 1.06. The van der Waals surface area contributed by atoms with Gasteiger partial charge in [-0.1, -0.05) is 18.2 Å². The predicted octanol–water partition coefficient (Wildman–Crippen LogP) is 2.53. The fourth-order valence-electron chi connectivity index (χ4n) is 3.44. The van der Waals surface area contributed by atoms with Crippen molar-refractivity contribution in [2.45, 2.75) is 25.7 Å². The molecule has 2 aliphatic rings. The zero-order valence-electron chi connectivity index (χ0n) is 14.0. The molecule has 1 aromatic rings. The van der Waals surface area contributed by atoms with Crippen LogP contribution in [0.25, 0.3) is 0 Å². The van der Waals surface area contributed by atoms with Crippen LogP contribution in [-0.2, 0) is 9.59 Å². The fraction of sp³-hybridized carbons (Fsp3) is 0.421. The van der Waals surface area contributed by atoms with Crippen LogP contribution in [0, 0.1) is 11.8 Å². The lowest BCUT2D eigenvalue weighted by Crippen LogP contribution is -2.34. The first-order chi connectivity index (χ1) is 12.1. The average molecular weight is 342 g/mol. The highest BCUT2D eigenvalue weighted by molar-refractivity contribution is 5.98. The number of likely N-dealkylation sites (tertiary alicyclic amines) is 1. The van der Waals surface area contributed by atoms with Crippen molar-refractivity contribution < 1.29 is 19.5 Å². The molecule has 2 atom stereocenters. The fourth-order valence-corrected chi connectivity index (χ4v) is 3.44. The quantitative estimate of drug-likeness (QED) is 0.823. The number of carbonyl (C=O) groups is 3. The monoisotopic (exact) mass is 342 g/mol. The molecule has 3 rings (SSSR count). The van der Waals surface area contributed by atoms with Gasteiger partial charge in [0.25, 0.3) is 5.91 Å². The number of amides is 2. The molecule has 0 bridgehead atoms. The number of carboxylic acids is 1. The lowest BCUT2D eigenvalue weighted by molar-refractivity contribution is -0.146. The third kappa shape index (κ3) is 3.90. The third-order valence-corrected chi connectivity index (χ3v) is 4.86. The van der Waals surface area contributed by atoms with Crippen molar-refractivity contribution in [3.63, 3.8) is 0 Å². The molecule has 132 valence electrons. The first-order valence-electron chi connectivity index (χ1n) is 8.64. The molecular formula is C19H22N2O4. The lowest BCUT2D eigenvalue weighted by Gasteiger charge is -2.24. The van der Waals surface area contributed by atoms with Gasteiger partial charge in [0.2, 0.25) is 5.91 Å². The number of anilines is 1.